The normalized spacial score (nSPS) is 17.8. The van der Waals surface area contributed by atoms with Crippen molar-refractivity contribution in [3.05, 3.63) is 29.3 Å². The molecule has 3 aliphatic heterocycles. The number of hydrogen-bond donors (Lipinski definition) is 1. The molecule has 0 atom stereocenters. The van der Waals surface area contributed by atoms with Crippen LogP contribution in [0.25, 0.3) is 10.9 Å². The monoisotopic (exact) mass is 312 g/mol. The van der Waals surface area contributed by atoms with Crippen molar-refractivity contribution in [2.75, 3.05) is 18.0 Å². The van der Waals surface area contributed by atoms with Gasteiger partial charge in [-0.3, -0.25) is 4.79 Å². The van der Waals surface area contributed by atoms with E-state index in [1.54, 1.807) is 0 Å². The smallest absolute Gasteiger partial charge is 0.309 e. The fourth-order valence-electron chi connectivity index (χ4n) is 4.47. The van der Waals surface area contributed by atoms with Crippen LogP contribution in [0, 0.1) is 5.41 Å². The molecule has 4 heteroatoms. The molecule has 23 heavy (non-hydrogen) atoms. The molecule has 1 saturated heterocycles. The summed E-state index contributed by atoms with van der Waals surface area (Å²) < 4.78 is 2.31. The summed E-state index contributed by atoms with van der Waals surface area (Å²) in [6, 6.07) is 6.40. The maximum absolute atomic E-state index is 11.5. The van der Waals surface area contributed by atoms with Gasteiger partial charge in [0.05, 0.1) is 10.9 Å². The van der Waals surface area contributed by atoms with Gasteiger partial charge in [0.25, 0.3) is 0 Å². The van der Waals surface area contributed by atoms with Gasteiger partial charge >= 0.3 is 5.97 Å². The van der Waals surface area contributed by atoms with Crippen LogP contribution in [0.2, 0.25) is 0 Å². The molecule has 122 valence electrons. The van der Waals surface area contributed by atoms with Crippen LogP contribution in [0.3, 0.4) is 0 Å². The van der Waals surface area contributed by atoms with E-state index in [1.165, 1.54) is 35.1 Å². The Morgan fingerprint density at radius 1 is 1.30 bits per heavy atom. The highest BCUT2D eigenvalue weighted by atomic mass is 16.4. The molecule has 2 bridgehead atoms. The van der Waals surface area contributed by atoms with Crippen molar-refractivity contribution >= 4 is 22.7 Å². The van der Waals surface area contributed by atoms with Crippen molar-refractivity contribution < 1.29 is 9.90 Å². The average molecular weight is 312 g/mol. The highest BCUT2D eigenvalue weighted by molar-refractivity contribution is 5.94. The first-order valence-electron chi connectivity index (χ1n) is 8.48. The van der Waals surface area contributed by atoms with E-state index in [1.807, 2.05) is 13.8 Å². The first-order valence-corrected chi connectivity index (χ1v) is 8.48. The number of fused-ring (bicyclic) bond motifs is 3. The Morgan fingerprint density at radius 3 is 2.65 bits per heavy atom. The Bertz CT molecular complexity index is 795. The van der Waals surface area contributed by atoms with Crippen molar-refractivity contribution in [2.45, 2.75) is 39.0 Å². The molecule has 3 aliphatic rings. The van der Waals surface area contributed by atoms with Crippen LogP contribution in [-0.4, -0.2) is 28.7 Å². The van der Waals surface area contributed by atoms with Gasteiger partial charge in [-0.15, -0.1) is 0 Å². The number of anilines is 1. The molecule has 5 rings (SSSR count). The van der Waals surface area contributed by atoms with Gasteiger partial charge in [0, 0.05) is 31.1 Å². The summed E-state index contributed by atoms with van der Waals surface area (Å²) in [5, 5.41) is 10.8. The van der Waals surface area contributed by atoms with Gasteiger partial charge in [0.1, 0.15) is 5.82 Å². The van der Waals surface area contributed by atoms with E-state index in [-0.39, 0.29) is 0 Å². The number of para-hydroxylation sites is 1. The van der Waals surface area contributed by atoms with Gasteiger partial charge < -0.3 is 14.6 Å². The summed E-state index contributed by atoms with van der Waals surface area (Å²) in [6.07, 6.45) is 3.05. The van der Waals surface area contributed by atoms with Gasteiger partial charge in [-0.2, -0.15) is 0 Å². The molecule has 0 radical (unpaired) electrons. The fraction of sp³-hybridized carbons (Fsp3) is 0.526. The van der Waals surface area contributed by atoms with Gasteiger partial charge in [-0.05, 0) is 44.6 Å². The molecule has 0 aliphatic carbocycles. The van der Waals surface area contributed by atoms with E-state index in [0.29, 0.717) is 12.3 Å². The second-order valence-electron chi connectivity index (χ2n) is 7.74. The summed E-state index contributed by atoms with van der Waals surface area (Å²) in [7, 11) is 2.14. The maximum Gasteiger partial charge on any atom is 0.309 e. The predicted octanol–water partition coefficient (Wildman–Crippen LogP) is 3.53. The predicted molar refractivity (Wildman–Crippen MR) is 92.2 cm³/mol. The van der Waals surface area contributed by atoms with Gasteiger partial charge in [-0.1, -0.05) is 18.2 Å². The standard InChI is InChI=1S/C19H24N2O2/c1-19(2,18(22)23)11-13-5-4-6-14-15-12-7-9-21(10-8-12)17(15)20(3)16(13)14/h4-6,12H,7-11H2,1-3H3,(H,22,23). The van der Waals surface area contributed by atoms with Crippen LogP contribution >= 0.6 is 0 Å². The molecule has 0 unspecified atom stereocenters. The van der Waals surface area contributed by atoms with Crippen LogP contribution in [0.15, 0.2) is 18.2 Å². The van der Waals surface area contributed by atoms with Crippen molar-refractivity contribution in [3.8, 4) is 0 Å². The number of carboxylic acid groups (broad SMARTS) is 1. The number of rotatable bonds is 3. The summed E-state index contributed by atoms with van der Waals surface area (Å²) in [6.45, 7) is 5.92. The third-order valence-electron chi connectivity index (χ3n) is 5.72. The molecule has 0 amide bonds. The molecule has 1 aromatic heterocycles. The lowest BCUT2D eigenvalue weighted by atomic mass is 9.82. The van der Waals surface area contributed by atoms with Crippen molar-refractivity contribution in [3.63, 3.8) is 0 Å². The van der Waals surface area contributed by atoms with Crippen LogP contribution in [0.4, 0.5) is 5.82 Å². The minimum atomic E-state index is -0.752. The molecule has 0 spiro atoms. The number of aryl methyl sites for hydroxylation is 1. The third kappa shape index (κ3) is 2.00. The van der Waals surface area contributed by atoms with E-state index < -0.39 is 11.4 Å². The molecule has 2 aromatic rings. The van der Waals surface area contributed by atoms with E-state index >= 15 is 0 Å². The minimum Gasteiger partial charge on any atom is -0.481 e. The van der Waals surface area contributed by atoms with Crippen LogP contribution in [0.1, 0.15) is 43.7 Å². The number of carbonyl (C=O) groups is 1. The second kappa shape index (κ2) is 4.76. The van der Waals surface area contributed by atoms with Gasteiger partial charge in [0.15, 0.2) is 0 Å². The Morgan fingerprint density at radius 2 is 2.00 bits per heavy atom. The fourth-order valence-corrected chi connectivity index (χ4v) is 4.47. The average Bonchev–Trinajstić information content (AvgIpc) is 2.85. The molecular weight excluding hydrogens is 288 g/mol. The number of aliphatic carboxylic acids is 1. The number of benzene rings is 1. The third-order valence-corrected chi connectivity index (χ3v) is 5.72. The summed E-state index contributed by atoms with van der Waals surface area (Å²) in [5.74, 6) is 1.29. The summed E-state index contributed by atoms with van der Waals surface area (Å²) in [4.78, 5) is 14.0. The highest BCUT2D eigenvalue weighted by Gasteiger charge is 2.36. The Balaban J connectivity index is 1.92. The largest absolute Gasteiger partial charge is 0.481 e. The van der Waals surface area contributed by atoms with E-state index in [9.17, 15) is 9.90 Å². The quantitative estimate of drug-likeness (QED) is 0.943. The van der Waals surface area contributed by atoms with Crippen molar-refractivity contribution in [2.24, 2.45) is 12.5 Å². The van der Waals surface area contributed by atoms with Crippen LogP contribution in [-0.2, 0) is 18.3 Å². The molecule has 0 saturated carbocycles. The molecule has 4 nitrogen and oxygen atoms in total. The van der Waals surface area contributed by atoms with Crippen LogP contribution < -0.4 is 4.90 Å². The topological polar surface area (TPSA) is 45.5 Å². The van der Waals surface area contributed by atoms with Crippen molar-refractivity contribution in [1.82, 2.24) is 4.57 Å². The zero-order valence-electron chi connectivity index (χ0n) is 14.1. The Labute approximate surface area is 136 Å². The van der Waals surface area contributed by atoms with E-state index in [2.05, 4.69) is 34.7 Å². The number of piperidine rings is 1. The first kappa shape index (κ1) is 14.6. The number of hydrogen-bond acceptors (Lipinski definition) is 2. The molecule has 1 aromatic carbocycles. The van der Waals surface area contributed by atoms with Gasteiger partial charge in [0.2, 0.25) is 0 Å². The second-order valence-corrected chi connectivity index (χ2v) is 7.74. The zero-order chi connectivity index (χ0) is 16.4. The number of aromatic nitrogens is 1. The Kier molecular flexibility index (Phi) is 3.03. The maximum atomic E-state index is 11.5. The molecular formula is C19H24N2O2. The lowest BCUT2D eigenvalue weighted by molar-refractivity contribution is -0.146. The lowest BCUT2D eigenvalue weighted by Gasteiger charge is -2.41. The molecule has 4 heterocycles. The number of carboxylic acids is 1. The van der Waals surface area contributed by atoms with E-state index in [4.69, 9.17) is 0 Å². The van der Waals surface area contributed by atoms with Crippen LogP contribution in [0.5, 0.6) is 0 Å². The minimum absolute atomic E-state index is 0.557. The zero-order valence-corrected chi connectivity index (χ0v) is 14.1. The summed E-state index contributed by atoms with van der Waals surface area (Å²) in [5.41, 5.74) is 3.12. The SMILES string of the molecule is Cn1c2c(c3cccc(CC(C)(C)C(=O)O)c31)C1CCN2CC1. The van der Waals surface area contributed by atoms with Gasteiger partial charge in [-0.25, -0.2) is 0 Å². The lowest BCUT2D eigenvalue weighted by Crippen LogP contribution is -2.39. The molecule has 1 fully saturated rings. The van der Waals surface area contributed by atoms with Crippen molar-refractivity contribution in [1.29, 1.82) is 0 Å². The summed E-state index contributed by atoms with van der Waals surface area (Å²) >= 11 is 0. The number of nitrogens with zero attached hydrogens (tertiary/aromatic N) is 2. The highest BCUT2D eigenvalue weighted by Crippen LogP contribution is 2.48. The van der Waals surface area contributed by atoms with E-state index in [0.717, 1.165) is 18.7 Å². The Hall–Kier alpha value is -1.97. The first-order chi connectivity index (χ1) is 10.9. The molecule has 1 N–H and O–H groups in total.